The van der Waals surface area contributed by atoms with Crippen molar-refractivity contribution in [3.05, 3.63) is 40.7 Å². The average Bonchev–Trinajstić information content (AvgIpc) is 1.99. The molecule has 0 fully saturated rings. The van der Waals surface area contributed by atoms with Crippen LogP contribution in [0.2, 0.25) is 5.02 Å². The van der Waals surface area contributed by atoms with E-state index in [-0.39, 0.29) is 5.82 Å². The molecule has 0 aliphatic rings. The minimum Gasteiger partial charge on any atom is -0.327 e. The predicted molar refractivity (Wildman–Crippen MR) is 49.5 cm³/mol. The van der Waals surface area contributed by atoms with Gasteiger partial charge in [-0.25, -0.2) is 4.39 Å². The highest BCUT2D eigenvalue weighted by Crippen LogP contribution is 2.14. The highest BCUT2D eigenvalue weighted by molar-refractivity contribution is 6.30. The molecule has 0 aromatic heterocycles. The largest absolute Gasteiger partial charge is 0.327 e. The molecule has 2 N–H and O–H groups in total. The Balaban J connectivity index is 2.93. The van der Waals surface area contributed by atoms with E-state index >= 15 is 0 Å². The van der Waals surface area contributed by atoms with Gasteiger partial charge in [0, 0.05) is 11.6 Å². The van der Waals surface area contributed by atoms with Crippen LogP contribution in [-0.2, 0) is 0 Å². The summed E-state index contributed by atoms with van der Waals surface area (Å²) in [6.45, 7) is 0.439. The van der Waals surface area contributed by atoms with Gasteiger partial charge in [-0.3, -0.25) is 0 Å². The third kappa shape index (κ3) is 2.64. The highest BCUT2D eigenvalue weighted by Gasteiger charge is 1.94. The Hall–Kier alpha value is -0.860. The summed E-state index contributed by atoms with van der Waals surface area (Å²) < 4.78 is 12.7. The highest BCUT2D eigenvalue weighted by atomic mass is 35.5. The molecule has 0 amide bonds. The van der Waals surface area contributed by atoms with Gasteiger partial charge >= 0.3 is 0 Å². The predicted octanol–water partition coefficient (Wildman–Crippen LogP) is 2.45. The molecule has 0 heterocycles. The zero-order chi connectivity index (χ0) is 8.97. The van der Waals surface area contributed by atoms with Crippen LogP contribution >= 0.6 is 11.6 Å². The molecule has 0 saturated carbocycles. The third-order valence-corrected chi connectivity index (χ3v) is 1.55. The van der Waals surface area contributed by atoms with Gasteiger partial charge in [-0.05, 0) is 23.8 Å². The smallest absolute Gasteiger partial charge is 0.125 e. The van der Waals surface area contributed by atoms with Crippen LogP contribution in [0, 0.1) is 5.82 Å². The molecule has 3 heteroatoms. The van der Waals surface area contributed by atoms with Crippen molar-refractivity contribution < 1.29 is 4.39 Å². The number of benzene rings is 1. The first kappa shape index (κ1) is 9.23. The summed E-state index contributed by atoms with van der Waals surface area (Å²) in [4.78, 5) is 0. The molecule has 1 nitrogen and oxygen atoms in total. The zero-order valence-electron chi connectivity index (χ0n) is 6.43. The van der Waals surface area contributed by atoms with E-state index in [4.69, 9.17) is 17.3 Å². The normalized spacial score (nSPS) is 10.9. The van der Waals surface area contributed by atoms with Gasteiger partial charge in [0.25, 0.3) is 0 Å². The van der Waals surface area contributed by atoms with Crippen LogP contribution in [0.4, 0.5) is 4.39 Å². The van der Waals surface area contributed by atoms with Crippen LogP contribution < -0.4 is 5.73 Å². The van der Waals surface area contributed by atoms with Gasteiger partial charge in [-0.2, -0.15) is 0 Å². The van der Waals surface area contributed by atoms with Gasteiger partial charge in [0.2, 0.25) is 0 Å². The van der Waals surface area contributed by atoms with Crippen LogP contribution in [0.1, 0.15) is 5.56 Å². The summed E-state index contributed by atoms with van der Waals surface area (Å²) >= 11 is 5.62. The van der Waals surface area contributed by atoms with E-state index < -0.39 is 0 Å². The summed E-state index contributed by atoms with van der Waals surface area (Å²) in [5.74, 6) is -0.334. The van der Waals surface area contributed by atoms with E-state index in [1.807, 2.05) is 0 Å². The number of hydrogen-bond donors (Lipinski definition) is 1. The minimum absolute atomic E-state index is 0.334. The molecule has 1 aromatic rings. The van der Waals surface area contributed by atoms with Gasteiger partial charge in [0.05, 0.1) is 0 Å². The summed E-state index contributed by atoms with van der Waals surface area (Å²) in [5, 5.41) is 0.395. The molecule has 0 atom stereocenters. The summed E-state index contributed by atoms with van der Waals surface area (Å²) in [7, 11) is 0. The SMILES string of the molecule is NC/C=C/c1cc(F)cc(Cl)c1. The first-order valence-corrected chi connectivity index (χ1v) is 3.93. The monoisotopic (exact) mass is 185 g/mol. The molecule has 0 saturated heterocycles. The quantitative estimate of drug-likeness (QED) is 0.753. The third-order valence-electron chi connectivity index (χ3n) is 1.33. The van der Waals surface area contributed by atoms with Crippen molar-refractivity contribution in [1.82, 2.24) is 0 Å². The number of nitrogens with two attached hydrogens (primary N) is 1. The molecular formula is C9H9ClFN. The van der Waals surface area contributed by atoms with E-state index in [1.54, 1.807) is 18.2 Å². The van der Waals surface area contributed by atoms with Crippen molar-refractivity contribution >= 4 is 17.7 Å². The minimum atomic E-state index is -0.334. The Morgan fingerprint density at radius 1 is 1.42 bits per heavy atom. The lowest BCUT2D eigenvalue weighted by Gasteiger charge is -1.95. The molecular weight excluding hydrogens is 177 g/mol. The molecule has 0 aliphatic heterocycles. The molecule has 0 unspecified atom stereocenters. The maximum Gasteiger partial charge on any atom is 0.125 e. The van der Waals surface area contributed by atoms with E-state index in [0.29, 0.717) is 11.6 Å². The first-order valence-electron chi connectivity index (χ1n) is 3.55. The van der Waals surface area contributed by atoms with Crippen molar-refractivity contribution in [1.29, 1.82) is 0 Å². The maximum absolute atomic E-state index is 12.7. The molecule has 1 rings (SSSR count). The Morgan fingerprint density at radius 3 is 2.75 bits per heavy atom. The van der Waals surface area contributed by atoms with Crippen molar-refractivity contribution in [2.75, 3.05) is 6.54 Å². The van der Waals surface area contributed by atoms with Crippen molar-refractivity contribution in [3.8, 4) is 0 Å². The van der Waals surface area contributed by atoms with E-state index in [9.17, 15) is 4.39 Å². The van der Waals surface area contributed by atoms with Gasteiger partial charge in [0.1, 0.15) is 5.82 Å². The summed E-state index contributed by atoms with van der Waals surface area (Å²) in [6.07, 6.45) is 3.47. The fourth-order valence-corrected chi connectivity index (χ4v) is 1.11. The van der Waals surface area contributed by atoms with Crippen LogP contribution in [-0.4, -0.2) is 6.54 Å². The van der Waals surface area contributed by atoms with Crippen LogP contribution in [0.25, 0.3) is 6.08 Å². The number of rotatable bonds is 2. The van der Waals surface area contributed by atoms with Crippen molar-refractivity contribution in [3.63, 3.8) is 0 Å². The van der Waals surface area contributed by atoms with Gasteiger partial charge in [0.15, 0.2) is 0 Å². The van der Waals surface area contributed by atoms with Gasteiger partial charge in [-0.15, -0.1) is 0 Å². The molecule has 12 heavy (non-hydrogen) atoms. The summed E-state index contributed by atoms with van der Waals surface area (Å²) in [5.41, 5.74) is 5.97. The van der Waals surface area contributed by atoms with Crippen molar-refractivity contribution in [2.24, 2.45) is 5.73 Å². The lowest BCUT2D eigenvalue weighted by molar-refractivity contribution is 0.627. The van der Waals surface area contributed by atoms with E-state index in [1.165, 1.54) is 12.1 Å². The topological polar surface area (TPSA) is 26.0 Å². The van der Waals surface area contributed by atoms with E-state index in [2.05, 4.69) is 0 Å². The maximum atomic E-state index is 12.7. The fraction of sp³-hybridized carbons (Fsp3) is 0.111. The Labute approximate surface area is 75.6 Å². The Kier molecular flexibility index (Phi) is 3.26. The molecule has 0 aliphatic carbocycles. The molecule has 0 radical (unpaired) electrons. The fourth-order valence-electron chi connectivity index (χ4n) is 0.876. The molecule has 1 aromatic carbocycles. The summed E-state index contributed by atoms with van der Waals surface area (Å²) in [6, 6.07) is 4.34. The van der Waals surface area contributed by atoms with Gasteiger partial charge < -0.3 is 5.73 Å². The molecule has 0 spiro atoms. The molecule has 64 valence electrons. The van der Waals surface area contributed by atoms with Crippen LogP contribution in [0.15, 0.2) is 24.3 Å². The second-order valence-electron chi connectivity index (χ2n) is 2.34. The second-order valence-corrected chi connectivity index (χ2v) is 2.78. The average molecular weight is 186 g/mol. The lowest BCUT2D eigenvalue weighted by atomic mass is 10.2. The van der Waals surface area contributed by atoms with Crippen molar-refractivity contribution in [2.45, 2.75) is 0 Å². The van der Waals surface area contributed by atoms with Crippen LogP contribution in [0.3, 0.4) is 0 Å². The van der Waals surface area contributed by atoms with Gasteiger partial charge in [-0.1, -0.05) is 23.8 Å². The van der Waals surface area contributed by atoms with E-state index in [0.717, 1.165) is 5.56 Å². The second kappa shape index (κ2) is 4.24. The Morgan fingerprint density at radius 2 is 2.17 bits per heavy atom. The standard InChI is InChI=1S/C9H9ClFN/c10-8-4-7(2-1-3-12)5-9(11)6-8/h1-2,4-6H,3,12H2/b2-1+. The number of halogens is 2. The first-order chi connectivity index (χ1) is 5.72. The number of hydrogen-bond acceptors (Lipinski definition) is 1. The molecule has 0 bridgehead atoms. The lowest BCUT2D eigenvalue weighted by Crippen LogP contribution is -1.92. The zero-order valence-corrected chi connectivity index (χ0v) is 7.18. The van der Waals surface area contributed by atoms with Crippen LogP contribution in [0.5, 0.6) is 0 Å². The Bertz CT molecular complexity index is 276.